The fraction of sp³-hybridized carbons (Fsp3) is 0.562. The van der Waals surface area contributed by atoms with E-state index in [-0.39, 0.29) is 23.9 Å². The Labute approximate surface area is 140 Å². The van der Waals surface area contributed by atoms with Crippen molar-refractivity contribution in [3.8, 4) is 5.75 Å². The molecule has 1 aliphatic heterocycles. The van der Waals surface area contributed by atoms with E-state index in [1.165, 1.54) is 23.2 Å². The van der Waals surface area contributed by atoms with Crippen molar-refractivity contribution < 1.29 is 24.5 Å². The van der Waals surface area contributed by atoms with E-state index in [2.05, 4.69) is 10.3 Å². The summed E-state index contributed by atoms with van der Waals surface area (Å²) >= 11 is 0. The van der Waals surface area contributed by atoms with Gasteiger partial charge in [0, 0.05) is 31.7 Å². The predicted octanol–water partition coefficient (Wildman–Crippen LogP) is 0.746. The molecule has 0 radical (unpaired) electrons. The molecule has 1 aliphatic rings. The van der Waals surface area contributed by atoms with Crippen molar-refractivity contribution in [1.82, 2.24) is 15.2 Å². The predicted molar refractivity (Wildman–Crippen MR) is 85.6 cm³/mol. The Kier molecular flexibility index (Phi) is 6.36. The molecule has 1 aromatic heterocycles. The summed E-state index contributed by atoms with van der Waals surface area (Å²) in [5, 5.41) is 22.6. The fourth-order valence-electron chi connectivity index (χ4n) is 2.57. The molecule has 0 saturated carbocycles. The number of aromatic hydroxyl groups is 1. The molecule has 2 heterocycles. The van der Waals surface area contributed by atoms with E-state index >= 15 is 0 Å². The number of β-amino-alcohol motifs (C(OH)–C–C–N with tert-alkyl or cyclic N) is 1. The van der Waals surface area contributed by atoms with Crippen LogP contribution in [0.3, 0.4) is 0 Å². The number of nitrogens with zero attached hydrogens (tertiary/aromatic N) is 2. The third-order valence-corrected chi connectivity index (χ3v) is 3.94. The Bertz CT molecular complexity index is 581. The minimum atomic E-state index is -0.764. The van der Waals surface area contributed by atoms with E-state index in [0.29, 0.717) is 26.1 Å². The summed E-state index contributed by atoms with van der Waals surface area (Å²) in [7, 11) is 0. The van der Waals surface area contributed by atoms with Crippen LogP contribution in [-0.4, -0.2) is 64.4 Å². The van der Waals surface area contributed by atoms with Crippen LogP contribution in [0.5, 0.6) is 5.75 Å². The van der Waals surface area contributed by atoms with Crippen molar-refractivity contribution in [2.75, 3.05) is 26.2 Å². The van der Waals surface area contributed by atoms with Crippen LogP contribution >= 0.6 is 0 Å². The smallest absolute Gasteiger partial charge is 0.407 e. The number of nitrogens with one attached hydrogen (secondary N) is 1. The first-order valence-electron chi connectivity index (χ1n) is 8.04. The number of hydrogen-bond donors (Lipinski definition) is 3. The SMILES string of the molecule is CCCOC(=O)NC[C@@H]1CCN(C(=O)c2ncccc2O)C[C@H]1O. The number of aromatic nitrogens is 1. The number of alkyl carbamates (subject to hydrolysis) is 1. The zero-order chi connectivity index (χ0) is 17.5. The molecule has 8 nitrogen and oxygen atoms in total. The molecule has 2 rings (SSSR count). The quantitative estimate of drug-likeness (QED) is 0.731. The number of carbonyl (C=O) groups excluding carboxylic acids is 2. The van der Waals surface area contributed by atoms with Gasteiger partial charge in [-0.3, -0.25) is 4.79 Å². The maximum absolute atomic E-state index is 12.4. The highest BCUT2D eigenvalue weighted by atomic mass is 16.5. The van der Waals surface area contributed by atoms with Crippen molar-refractivity contribution in [2.45, 2.75) is 25.9 Å². The van der Waals surface area contributed by atoms with E-state index in [4.69, 9.17) is 4.74 Å². The zero-order valence-electron chi connectivity index (χ0n) is 13.6. The molecule has 0 bridgehead atoms. The first-order chi connectivity index (χ1) is 11.5. The first kappa shape index (κ1) is 18.0. The second-order valence-electron chi connectivity index (χ2n) is 5.76. The standard InChI is InChI=1S/C16H23N3O5/c1-2-8-24-16(23)18-9-11-5-7-19(10-13(11)21)15(22)14-12(20)4-3-6-17-14/h3-4,6,11,13,20-21H,2,5,7-10H2,1H3,(H,18,23)/t11-,13+/m0/s1. The summed E-state index contributed by atoms with van der Waals surface area (Å²) in [6, 6.07) is 2.94. The molecule has 3 N–H and O–H groups in total. The third kappa shape index (κ3) is 4.58. The van der Waals surface area contributed by atoms with Crippen LogP contribution in [0.1, 0.15) is 30.3 Å². The molecule has 0 spiro atoms. The molecule has 132 valence electrons. The van der Waals surface area contributed by atoms with Crippen molar-refractivity contribution >= 4 is 12.0 Å². The molecule has 1 aromatic rings. The van der Waals surface area contributed by atoms with Crippen molar-refractivity contribution in [1.29, 1.82) is 0 Å². The Morgan fingerprint density at radius 3 is 2.96 bits per heavy atom. The van der Waals surface area contributed by atoms with Gasteiger partial charge in [0.1, 0.15) is 5.75 Å². The van der Waals surface area contributed by atoms with E-state index in [0.717, 1.165) is 6.42 Å². The van der Waals surface area contributed by atoms with Gasteiger partial charge in [-0.15, -0.1) is 0 Å². The summed E-state index contributed by atoms with van der Waals surface area (Å²) < 4.78 is 4.92. The number of amides is 2. The average molecular weight is 337 g/mol. The molecule has 2 amide bonds. The first-order valence-corrected chi connectivity index (χ1v) is 8.04. The van der Waals surface area contributed by atoms with E-state index in [1.807, 2.05) is 6.92 Å². The number of aliphatic hydroxyl groups is 1. The van der Waals surface area contributed by atoms with Gasteiger partial charge in [-0.1, -0.05) is 6.92 Å². The van der Waals surface area contributed by atoms with Crippen molar-refractivity contribution in [3.05, 3.63) is 24.0 Å². The number of aliphatic hydroxyl groups excluding tert-OH is 1. The van der Waals surface area contributed by atoms with Gasteiger partial charge < -0.3 is 25.2 Å². The van der Waals surface area contributed by atoms with Crippen LogP contribution in [0.4, 0.5) is 4.79 Å². The van der Waals surface area contributed by atoms with Crippen molar-refractivity contribution in [3.63, 3.8) is 0 Å². The van der Waals surface area contributed by atoms with Gasteiger partial charge in [0.05, 0.1) is 12.7 Å². The monoisotopic (exact) mass is 337 g/mol. The van der Waals surface area contributed by atoms with E-state index < -0.39 is 18.1 Å². The highest BCUT2D eigenvalue weighted by Crippen LogP contribution is 2.21. The summed E-state index contributed by atoms with van der Waals surface area (Å²) in [6.45, 7) is 3.10. The second-order valence-corrected chi connectivity index (χ2v) is 5.76. The molecule has 24 heavy (non-hydrogen) atoms. The van der Waals surface area contributed by atoms with Gasteiger partial charge >= 0.3 is 6.09 Å². The average Bonchev–Trinajstić information content (AvgIpc) is 2.58. The van der Waals surface area contributed by atoms with Crippen LogP contribution in [0.15, 0.2) is 18.3 Å². The largest absolute Gasteiger partial charge is 0.505 e. The molecule has 0 aliphatic carbocycles. The van der Waals surface area contributed by atoms with Gasteiger partial charge in [0.2, 0.25) is 0 Å². The fourth-order valence-corrected chi connectivity index (χ4v) is 2.57. The van der Waals surface area contributed by atoms with E-state index in [9.17, 15) is 19.8 Å². The molecule has 0 unspecified atom stereocenters. The number of carbonyl (C=O) groups is 2. The molecular formula is C16H23N3O5. The van der Waals surface area contributed by atoms with Crippen LogP contribution in [0, 0.1) is 5.92 Å². The Hall–Kier alpha value is -2.35. The third-order valence-electron chi connectivity index (χ3n) is 3.94. The molecule has 1 fully saturated rings. The molecule has 8 heteroatoms. The topological polar surface area (TPSA) is 112 Å². The number of pyridine rings is 1. The number of piperidine rings is 1. The Morgan fingerprint density at radius 1 is 1.50 bits per heavy atom. The Balaban J connectivity index is 1.85. The second kappa shape index (κ2) is 8.49. The minimum Gasteiger partial charge on any atom is -0.505 e. The highest BCUT2D eigenvalue weighted by Gasteiger charge is 2.32. The van der Waals surface area contributed by atoms with Crippen LogP contribution in [-0.2, 0) is 4.74 Å². The van der Waals surface area contributed by atoms with Gasteiger partial charge in [0.25, 0.3) is 5.91 Å². The number of likely N-dealkylation sites (tertiary alicyclic amines) is 1. The maximum atomic E-state index is 12.4. The number of rotatable bonds is 5. The van der Waals surface area contributed by atoms with Crippen LogP contribution < -0.4 is 5.32 Å². The van der Waals surface area contributed by atoms with Crippen LogP contribution in [0.25, 0.3) is 0 Å². The van der Waals surface area contributed by atoms with Crippen LogP contribution in [0.2, 0.25) is 0 Å². The summed E-state index contributed by atoms with van der Waals surface area (Å²) in [5.41, 5.74) is -0.0237. The number of ether oxygens (including phenoxy) is 1. The minimum absolute atomic E-state index is 0.0237. The summed E-state index contributed by atoms with van der Waals surface area (Å²) in [4.78, 5) is 29.1. The highest BCUT2D eigenvalue weighted by molar-refractivity contribution is 5.94. The maximum Gasteiger partial charge on any atom is 0.407 e. The number of hydrogen-bond acceptors (Lipinski definition) is 6. The van der Waals surface area contributed by atoms with Gasteiger partial charge in [-0.2, -0.15) is 0 Å². The lowest BCUT2D eigenvalue weighted by Crippen LogP contribution is -2.49. The van der Waals surface area contributed by atoms with Gasteiger partial charge in [0.15, 0.2) is 5.69 Å². The zero-order valence-corrected chi connectivity index (χ0v) is 13.6. The van der Waals surface area contributed by atoms with Crippen molar-refractivity contribution in [2.24, 2.45) is 5.92 Å². The lowest BCUT2D eigenvalue weighted by Gasteiger charge is -2.35. The normalized spacial score (nSPS) is 20.5. The molecular weight excluding hydrogens is 314 g/mol. The lowest BCUT2D eigenvalue weighted by atomic mass is 9.93. The van der Waals surface area contributed by atoms with E-state index in [1.54, 1.807) is 0 Å². The summed E-state index contributed by atoms with van der Waals surface area (Å²) in [5.74, 6) is -0.749. The molecule has 2 atom stereocenters. The molecule has 1 saturated heterocycles. The van der Waals surface area contributed by atoms with Gasteiger partial charge in [-0.25, -0.2) is 9.78 Å². The summed E-state index contributed by atoms with van der Waals surface area (Å²) in [6.07, 6.45) is 1.45. The molecule has 0 aromatic carbocycles. The Morgan fingerprint density at radius 2 is 2.29 bits per heavy atom. The van der Waals surface area contributed by atoms with Gasteiger partial charge in [-0.05, 0) is 25.0 Å². The lowest BCUT2D eigenvalue weighted by molar-refractivity contribution is 0.0191.